The fourth-order valence-corrected chi connectivity index (χ4v) is 1.97. The second kappa shape index (κ2) is 8.07. The third kappa shape index (κ3) is 4.61. The first kappa shape index (κ1) is 15.1. The van der Waals surface area contributed by atoms with Gasteiger partial charge in [0.25, 0.3) is 0 Å². The molecule has 0 aliphatic heterocycles. The van der Waals surface area contributed by atoms with Crippen LogP contribution in [0.4, 0.5) is 0 Å². The zero-order valence-corrected chi connectivity index (χ0v) is 11.8. The lowest BCUT2D eigenvalue weighted by Gasteiger charge is -2.14. The van der Waals surface area contributed by atoms with Gasteiger partial charge < -0.3 is 15.2 Å². The third-order valence-corrected chi connectivity index (χ3v) is 3.06. The molecule has 2 aromatic carbocycles. The van der Waals surface area contributed by atoms with Crippen LogP contribution in [-0.4, -0.2) is 25.7 Å². The predicted molar refractivity (Wildman–Crippen MR) is 81.1 cm³/mol. The van der Waals surface area contributed by atoms with Crippen molar-refractivity contribution >= 4 is 5.97 Å². The van der Waals surface area contributed by atoms with Crippen LogP contribution in [0.2, 0.25) is 0 Å². The molecule has 0 bridgehead atoms. The molecule has 0 aliphatic carbocycles. The lowest BCUT2D eigenvalue weighted by Crippen LogP contribution is -2.25. The van der Waals surface area contributed by atoms with Crippen molar-refractivity contribution in [2.45, 2.75) is 5.92 Å². The van der Waals surface area contributed by atoms with Crippen LogP contribution in [0, 0.1) is 0 Å². The number of ether oxygens (including phenoxy) is 2. The first-order chi connectivity index (χ1) is 10.3. The summed E-state index contributed by atoms with van der Waals surface area (Å²) in [6.45, 7) is 0.751. The van der Waals surface area contributed by atoms with E-state index in [1.165, 1.54) is 0 Å². The van der Waals surface area contributed by atoms with Gasteiger partial charge in [0, 0.05) is 6.54 Å². The summed E-state index contributed by atoms with van der Waals surface area (Å²) in [5.74, 6) is 0.00951. The van der Waals surface area contributed by atoms with Gasteiger partial charge in [-0.3, -0.25) is 4.79 Å². The summed E-state index contributed by atoms with van der Waals surface area (Å²) in [7, 11) is 0. The second-order valence-corrected chi connectivity index (χ2v) is 4.53. The average Bonchev–Trinajstić information content (AvgIpc) is 2.54. The quantitative estimate of drug-likeness (QED) is 0.626. The largest absolute Gasteiger partial charge is 0.490 e. The molecular weight excluding hydrogens is 266 g/mol. The fraction of sp³-hybridized carbons (Fsp3) is 0.235. The number of hydrogen-bond donors (Lipinski definition) is 1. The number of benzene rings is 2. The number of nitrogens with two attached hydrogens (primary N) is 1. The van der Waals surface area contributed by atoms with Gasteiger partial charge in [-0.15, -0.1) is 0 Å². The molecule has 0 saturated heterocycles. The normalized spacial score (nSPS) is 11.7. The second-order valence-electron chi connectivity index (χ2n) is 4.53. The number of para-hydroxylation sites is 1. The molecule has 0 saturated carbocycles. The summed E-state index contributed by atoms with van der Waals surface area (Å²) < 4.78 is 10.7. The van der Waals surface area contributed by atoms with Crippen LogP contribution < -0.4 is 10.5 Å². The van der Waals surface area contributed by atoms with Crippen LogP contribution in [0.1, 0.15) is 11.5 Å². The van der Waals surface area contributed by atoms with Crippen LogP contribution in [0.15, 0.2) is 60.7 Å². The maximum atomic E-state index is 12.0. The summed E-state index contributed by atoms with van der Waals surface area (Å²) in [6, 6.07) is 18.8. The summed E-state index contributed by atoms with van der Waals surface area (Å²) in [6.07, 6.45) is 0. The Morgan fingerprint density at radius 1 is 0.952 bits per heavy atom. The molecule has 21 heavy (non-hydrogen) atoms. The van der Waals surface area contributed by atoms with Crippen molar-refractivity contribution in [1.29, 1.82) is 0 Å². The molecule has 0 fully saturated rings. The first-order valence-electron chi connectivity index (χ1n) is 6.90. The summed E-state index contributed by atoms with van der Waals surface area (Å²) in [5, 5.41) is 0. The fourth-order valence-electron chi connectivity index (χ4n) is 1.97. The van der Waals surface area contributed by atoms with Crippen LogP contribution in [0.3, 0.4) is 0 Å². The Morgan fingerprint density at radius 3 is 2.19 bits per heavy atom. The lowest BCUT2D eigenvalue weighted by atomic mass is 10.00. The number of esters is 1. The summed E-state index contributed by atoms with van der Waals surface area (Å²) in [5.41, 5.74) is 6.54. The highest BCUT2D eigenvalue weighted by atomic mass is 16.6. The van der Waals surface area contributed by atoms with Crippen molar-refractivity contribution < 1.29 is 14.3 Å². The summed E-state index contributed by atoms with van der Waals surface area (Å²) in [4.78, 5) is 12.0. The molecule has 0 aliphatic rings. The van der Waals surface area contributed by atoms with Gasteiger partial charge in [0.1, 0.15) is 19.0 Å². The number of hydrogen-bond acceptors (Lipinski definition) is 4. The van der Waals surface area contributed by atoms with Crippen molar-refractivity contribution in [3.63, 3.8) is 0 Å². The molecule has 110 valence electrons. The van der Waals surface area contributed by atoms with Gasteiger partial charge in [-0.25, -0.2) is 0 Å². The maximum Gasteiger partial charge on any atom is 0.314 e. The highest BCUT2D eigenvalue weighted by molar-refractivity contribution is 5.78. The topological polar surface area (TPSA) is 61.6 Å². The monoisotopic (exact) mass is 285 g/mol. The molecule has 0 radical (unpaired) electrons. The van der Waals surface area contributed by atoms with E-state index in [9.17, 15) is 4.79 Å². The Bertz CT molecular complexity index is 542. The minimum Gasteiger partial charge on any atom is -0.490 e. The van der Waals surface area contributed by atoms with Crippen LogP contribution in [-0.2, 0) is 9.53 Å². The van der Waals surface area contributed by atoms with E-state index in [2.05, 4.69) is 0 Å². The molecule has 2 rings (SSSR count). The Balaban J connectivity index is 1.78. The molecule has 4 nitrogen and oxygen atoms in total. The van der Waals surface area contributed by atoms with Gasteiger partial charge in [-0.2, -0.15) is 0 Å². The van der Waals surface area contributed by atoms with E-state index in [1.807, 2.05) is 60.7 Å². The van der Waals surface area contributed by atoms with Crippen molar-refractivity contribution in [3.8, 4) is 5.75 Å². The third-order valence-electron chi connectivity index (χ3n) is 3.06. The average molecular weight is 285 g/mol. The number of carbonyl (C=O) groups excluding carboxylic acids is 1. The molecule has 2 aromatic rings. The van der Waals surface area contributed by atoms with E-state index >= 15 is 0 Å². The van der Waals surface area contributed by atoms with E-state index in [0.29, 0.717) is 6.61 Å². The van der Waals surface area contributed by atoms with E-state index in [4.69, 9.17) is 15.2 Å². The SMILES string of the molecule is NCC(C(=O)OCCOc1ccccc1)c1ccccc1. The van der Waals surface area contributed by atoms with Crippen LogP contribution in [0.5, 0.6) is 5.75 Å². The number of carbonyl (C=O) groups is 1. The predicted octanol–water partition coefficient (Wildman–Crippen LogP) is 2.35. The molecule has 0 amide bonds. The summed E-state index contributed by atoms with van der Waals surface area (Å²) >= 11 is 0. The Labute approximate surface area is 124 Å². The number of rotatable bonds is 7. The molecule has 1 unspecified atom stereocenters. The lowest BCUT2D eigenvalue weighted by molar-refractivity contribution is -0.146. The van der Waals surface area contributed by atoms with Crippen molar-refractivity contribution in [1.82, 2.24) is 0 Å². The zero-order chi connectivity index (χ0) is 14.9. The van der Waals surface area contributed by atoms with E-state index in [-0.39, 0.29) is 19.1 Å². The van der Waals surface area contributed by atoms with E-state index < -0.39 is 5.92 Å². The molecular formula is C17H19NO3. The van der Waals surface area contributed by atoms with Gasteiger partial charge >= 0.3 is 5.97 Å². The molecule has 0 aromatic heterocycles. The Hall–Kier alpha value is -2.33. The van der Waals surface area contributed by atoms with Gasteiger partial charge in [0.2, 0.25) is 0 Å². The highest BCUT2D eigenvalue weighted by Gasteiger charge is 2.20. The molecule has 4 heteroatoms. The van der Waals surface area contributed by atoms with Crippen LogP contribution >= 0.6 is 0 Å². The Morgan fingerprint density at radius 2 is 1.57 bits per heavy atom. The molecule has 0 spiro atoms. The van der Waals surface area contributed by atoms with Gasteiger partial charge in [-0.1, -0.05) is 48.5 Å². The maximum absolute atomic E-state index is 12.0. The molecule has 1 atom stereocenters. The van der Waals surface area contributed by atoms with Gasteiger partial charge in [0.15, 0.2) is 0 Å². The van der Waals surface area contributed by atoms with Gasteiger partial charge in [-0.05, 0) is 17.7 Å². The van der Waals surface area contributed by atoms with Gasteiger partial charge in [0.05, 0.1) is 5.92 Å². The van der Waals surface area contributed by atoms with Crippen molar-refractivity contribution in [3.05, 3.63) is 66.2 Å². The Kier molecular flexibility index (Phi) is 5.79. The molecule has 0 heterocycles. The smallest absolute Gasteiger partial charge is 0.314 e. The van der Waals surface area contributed by atoms with Crippen molar-refractivity contribution in [2.24, 2.45) is 5.73 Å². The standard InChI is InChI=1S/C17H19NO3/c18-13-16(14-7-3-1-4-8-14)17(19)21-12-11-20-15-9-5-2-6-10-15/h1-10,16H,11-13,18H2. The van der Waals surface area contributed by atoms with E-state index in [0.717, 1.165) is 11.3 Å². The van der Waals surface area contributed by atoms with E-state index in [1.54, 1.807) is 0 Å². The first-order valence-corrected chi connectivity index (χ1v) is 6.90. The minimum absolute atomic E-state index is 0.205. The molecule has 2 N–H and O–H groups in total. The minimum atomic E-state index is -0.428. The van der Waals surface area contributed by atoms with Crippen molar-refractivity contribution in [2.75, 3.05) is 19.8 Å². The zero-order valence-electron chi connectivity index (χ0n) is 11.8. The highest BCUT2D eigenvalue weighted by Crippen LogP contribution is 2.15. The van der Waals surface area contributed by atoms with Crippen LogP contribution in [0.25, 0.3) is 0 Å².